The number of nitrogens with zero attached hydrogens (tertiary/aromatic N) is 3. The number of fused-ring (bicyclic) bond motifs is 1. The number of carboxylic acid groups (broad SMARTS) is 1. The largest absolute Gasteiger partial charge is 0.492 e. The minimum absolute atomic E-state index is 0.0382. The second-order valence-corrected chi connectivity index (χ2v) is 9.28. The Balaban J connectivity index is 1.58. The first-order chi connectivity index (χ1) is 14.9. The van der Waals surface area contributed by atoms with Crippen molar-refractivity contribution in [3.63, 3.8) is 0 Å². The van der Waals surface area contributed by atoms with E-state index in [0.717, 1.165) is 37.4 Å². The number of likely N-dealkylation sites (tertiary alicyclic amines) is 1. The molecule has 0 amide bonds. The minimum atomic E-state index is -1.03. The summed E-state index contributed by atoms with van der Waals surface area (Å²) < 4.78 is 5.95. The van der Waals surface area contributed by atoms with Crippen molar-refractivity contribution in [2.75, 3.05) is 32.0 Å². The normalized spacial score (nSPS) is 14.8. The lowest BCUT2D eigenvalue weighted by Gasteiger charge is -2.26. The smallest absolute Gasteiger partial charge is 0.345 e. The molecule has 7 nitrogen and oxygen atoms in total. The lowest BCUT2D eigenvalue weighted by Crippen LogP contribution is -2.31. The molecule has 1 fully saturated rings. The van der Waals surface area contributed by atoms with Crippen LogP contribution in [0.2, 0.25) is 10.0 Å². The van der Waals surface area contributed by atoms with Crippen molar-refractivity contribution in [1.82, 2.24) is 14.9 Å². The summed E-state index contributed by atoms with van der Waals surface area (Å²) >= 11 is 13.9. The summed E-state index contributed by atoms with van der Waals surface area (Å²) in [7, 11) is 0. The van der Waals surface area contributed by atoms with Crippen LogP contribution < -0.4 is 10.5 Å². The zero-order chi connectivity index (χ0) is 22.0. The van der Waals surface area contributed by atoms with E-state index in [9.17, 15) is 9.90 Å². The molecule has 0 aliphatic carbocycles. The molecule has 31 heavy (non-hydrogen) atoms. The number of carbonyl (C=O) groups is 1. The van der Waals surface area contributed by atoms with Gasteiger partial charge in [-0.15, -0.1) is 11.3 Å². The van der Waals surface area contributed by atoms with E-state index >= 15 is 0 Å². The van der Waals surface area contributed by atoms with Gasteiger partial charge in [-0.3, -0.25) is 0 Å². The number of benzene rings is 1. The summed E-state index contributed by atoms with van der Waals surface area (Å²) in [5.74, 6) is -0.498. The van der Waals surface area contributed by atoms with Crippen LogP contribution in [0.3, 0.4) is 0 Å². The van der Waals surface area contributed by atoms with E-state index in [4.69, 9.17) is 33.7 Å². The zero-order valence-electron chi connectivity index (χ0n) is 16.7. The molecule has 3 N–H and O–H groups in total. The SMILES string of the molecule is Nc1nc(-c2cc(OCCCN3CCCCC3)c(Cl)cc2Cl)c2cc(C(=O)O)sc2n1. The number of thiophene rings is 1. The number of anilines is 1. The average Bonchev–Trinajstić information content (AvgIpc) is 3.17. The fourth-order valence-electron chi connectivity index (χ4n) is 3.72. The maximum absolute atomic E-state index is 11.4. The monoisotopic (exact) mass is 480 g/mol. The minimum Gasteiger partial charge on any atom is -0.492 e. The summed E-state index contributed by atoms with van der Waals surface area (Å²) in [5, 5.41) is 10.7. The summed E-state index contributed by atoms with van der Waals surface area (Å²) in [5.41, 5.74) is 6.88. The molecule has 0 unspecified atom stereocenters. The van der Waals surface area contributed by atoms with Crippen LogP contribution in [-0.2, 0) is 0 Å². The van der Waals surface area contributed by atoms with Gasteiger partial charge in [-0.1, -0.05) is 29.6 Å². The highest BCUT2D eigenvalue weighted by molar-refractivity contribution is 7.20. The van der Waals surface area contributed by atoms with Crippen LogP contribution in [0, 0.1) is 0 Å². The van der Waals surface area contributed by atoms with Gasteiger partial charge < -0.3 is 20.5 Å². The predicted molar refractivity (Wildman–Crippen MR) is 125 cm³/mol. The summed E-state index contributed by atoms with van der Waals surface area (Å²) in [6.45, 7) is 3.82. The first-order valence-corrected chi connectivity index (χ1v) is 11.6. The Bertz CT molecular complexity index is 1120. The van der Waals surface area contributed by atoms with E-state index in [-0.39, 0.29) is 10.8 Å². The fourth-order valence-corrected chi connectivity index (χ4v) is 5.13. The van der Waals surface area contributed by atoms with E-state index in [1.807, 2.05) is 0 Å². The summed E-state index contributed by atoms with van der Waals surface area (Å²) in [4.78, 5) is 23.0. The molecule has 1 aromatic carbocycles. The molecule has 0 saturated carbocycles. The molecular weight excluding hydrogens is 459 g/mol. The van der Waals surface area contributed by atoms with Crippen LogP contribution in [0.25, 0.3) is 21.5 Å². The number of piperidine rings is 1. The Morgan fingerprint density at radius 3 is 2.68 bits per heavy atom. The molecule has 10 heteroatoms. The molecule has 1 saturated heterocycles. The van der Waals surface area contributed by atoms with Crippen LogP contribution in [0.1, 0.15) is 35.4 Å². The van der Waals surface area contributed by atoms with Crippen LogP contribution >= 0.6 is 34.5 Å². The lowest BCUT2D eigenvalue weighted by molar-refractivity contribution is 0.0702. The molecule has 4 rings (SSSR count). The third kappa shape index (κ3) is 5.03. The zero-order valence-corrected chi connectivity index (χ0v) is 19.1. The van der Waals surface area contributed by atoms with Gasteiger partial charge in [-0.2, -0.15) is 0 Å². The van der Waals surface area contributed by atoms with Crippen molar-refractivity contribution in [2.45, 2.75) is 25.7 Å². The van der Waals surface area contributed by atoms with Gasteiger partial charge in [0.2, 0.25) is 5.95 Å². The second kappa shape index (κ2) is 9.56. The van der Waals surface area contributed by atoms with E-state index in [0.29, 0.717) is 43.9 Å². The third-order valence-electron chi connectivity index (χ3n) is 5.22. The van der Waals surface area contributed by atoms with E-state index in [1.165, 1.54) is 25.3 Å². The molecule has 1 aliphatic rings. The molecule has 3 heterocycles. The van der Waals surface area contributed by atoms with Crippen molar-refractivity contribution in [2.24, 2.45) is 0 Å². The number of nitrogen functional groups attached to an aromatic ring is 1. The lowest BCUT2D eigenvalue weighted by atomic mass is 10.1. The van der Waals surface area contributed by atoms with Crippen LogP contribution in [-0.4, -0.2) is 52.2 Å². The maximum Gasteiger partial charge on any atom is 0.345 e. The highest BCUT2D eigenvalue weighted by atomic mass is 35.5. The molecule has 164 valence electrons. The average molecular weight is 481 g/mol. The molecular formula is C21H22Cl2N4O3S. The molecule has 0 atom stereocenters. The number of halogens is 2. The van der Waals surface area contributed by atoms with E-state index < -0.39 is 5.97 Å². The van der Waals surface area contributed by atoms with Gasteiger partial charge in [0, 0.05) is 17.5 Å². The van der Waals surface area contributed by atoms with Crippen molar-refractivity contribution < 1.29 is 14.6 Å². The number of rotatable bonds is 7. The Hall–Kier alpha value is -2.13. The molecule has 0 radical (unpaired) electrons. The second-order valence-electron chi connectivity index (χ2n) is 7.43. The summed E-state index contributed by atoms with van der Waals surface area (Å²) in [6, 6.07) is 4.86. The van der Waals surface area contributed by atoms with Gasteiger partial charge in [0.25, 0.3) is 0 Å². The highest BCUT2D eigenvalue weighted by Crippen LogP contribution is 2.40. The Labute approximate surface area is 193 Å². The fraction of sp³-hybridized carbons (Fsp3) is 0.381. The Morgan fingerprint density at radius 2 is 1.94 bits per heavy atom. The predicted octanol–water partition coefficient (Wildman–Crippen LogP) is 5.20. The number of aromatic nitrogens is 2. The van der Waals surface area contributed by atoms with Gasteiger partial charge in [0.05, 0.1) is 22.3 Å². The number of aromatic carboxylic acids is 1. The van der Waals surface area contributed by atoms with Crippen LogP contribution in [0.5, 0.6) is 5.75 Å². The standard InChI is InChI=1S/C21H22Cl2N4O3S/c22-14-11-15(23)16(30-8-4-7-27-5-2-1-3-6-27)9-12(14)18-13-10-17(20(28)29)31-19(13)26-21(24)25-18/h9-11H,1-8H2,(H,28,29)(H2,24,25,26). The Morgan fingerprint density at radius 1 is 1.16 bits per heavy atom. The van der Waals surface area contributed by atoms with Crippen molar-refractivity contribution >= 4 is 56.7 Å². The molecule has 2 aromatic heterocycles. The molecule has 1 aliphatic heterocycles. The topological polar surface area (TPSA) is 102 Å². The highest BCUT2D eigenvalue weighted by Gasteiger charge is 2.19. The van der Waals surface area contributed by atoms with E-state index in [1.54, 1.807) is 12.1 Å². The number of carboxylic acids is 1. The summed E-state index contributed by atoms with van der Waals surface area (Å²) in [6.07, 6.45) is 4.73. The van der Waals surface area contributed by atoms with Crippen molar-refractivity contribution in [3.05, 3.63) is 33.1 Å². The maximum atomic E-state index is 11.4. The third-order valence-corrected chi connectivity index (χ3v) is 6.85. The van der Waals surface area contributed by atoms with Gasteiger partial charge >= 0.3 is 5.97 Å². The van der Waals surface area contributed by atoms with Crippen molar-refractivity contribution in [3.8, 4) is 17.0 Å². The number of ether oxygens (including phenoxy) is 1. The molecule has 3 aromatic rings. The number of hydrogen-bond donors (Lipinski definition) is 2. The van der Waals surface area contributed by atoms with Crippen LogP contribution in [0.4, 0.5) is 5.95 Å². The van der Waals surface area contributed by atoms with Crippen molar-refractivity contribution in [1.29, 1.82) is 0 Å². The molecule has 0 bridgehead atoms. The van der Waals surface area contributed by atoms with Crippen LogP contribution in [0.15, 0.2) is 18.2 Å². The first-order valence-electron chi connectivity index (χ1n) is 10.1. The van der Waals surface area contributed by atoms with Gasteiger partial charge in [-0.25, -0.2) is 14.8 Å². The quantitative estimate of drug-likeness (QED) is 0.447. The van der Waals surface area contributed by atoms with Gasteiger partial charge in [0.1, 0.15) is 15.5 Å². The number of hydrogen-bond acceptors (Lipinski definition) is 7. The van der Waals surface area contributed by atoms with Gasteiger partial charge in [-0.05, 0) is 50.6 Å². The first kappa shape index (κ1) is 22.1. The Kier molecular flexibility index (Phi) is 6.81. The van der Waals surface area contributed by atoms with Gasteiger partial charge in [0.15, 0.2) is 0 Å². The number of nitrogens with two attached hydrogens (primary N) is 1. The molecule has 0 spiro atoms. The van der Waals surface area contributed by atoms with E-state index in [2.05, 4.69) is 14.9 Å².